The molecule has 0 aliphatic carbocycles. The van der Waals surface area contributed by atoms with E-state index in [1.54, 1.807) is 0 Å². The molecule has 0 fully saturated rings. The second-order valence-electron chi connectivity index (χ2n) is 4.90. The summed E-state index contributed by atoms with van der Waals surface area (Å²) in [6.07, 6.45) is 0.491. The maximum absolute atomic E-state index is 12.2. The fourth-order valence-electron chi connectivity index (χ4n) is 2.53. The normalized spacial score (nSPS) is 16.4. The summed E-state index contributed by atoms with van der Waals surface area (Å²) >= 11 is 3.44. The summed E-state index contributed by atoms with van der Waals surface area (Å²) in [6.45, 7) is 0.822. The first-order valence-corrected chi connectivity index (χ1v) is 7.40. The highest BCUT2D eigenvalue weighted by Gasteiger charge is 2.24. The van der Waals surface area contributed by atoms with Crippen molar-refractivity contribution in [3.05, 3.63) is 58.6 Å². The predicted octanol–water partition coefficient (Wildman–Crippen LogP) is 3.99. The van der Waals surface area contributed by atoms with Gasteiger partial charge in [0.05, 0.1) is 5.69 Å². The third-order valence-electron chi connectivity index (χ3n) is 3.52. The first kappa shape index (κ1) is 13.2. The third-order valence-corrected chi connectivity index (χ3v) is 4.21. The molecule has 1 aliphatic rings. The van der Waals surface area contributed by atoms with E-state index in [0.29, 0.717) is 6.42 Å². The summed E-state index contributed by atoms with van der Waals surface area (Å²) in [5.41, 5.74) is 3.19. The molecule has 2 aromatic rings. The van der Waals surface area contributed by atoms with Crippen LogP contribution in [0.25, 0.3) is 0 Å². The molecule has 0 saturated heterocycles. The summed E-state index contributed by atoms with van der Waals surface area (Å²) < 4.78 is 0.901. The van der Waals surface area contributed by atoms with Crippen molar-refractivity contribution in [1.82, 2.24) is 0 Å². The van der Waals surface area contributed by atoms with Crippen LogP contribution < -0.4 is 10.6 Å². The lowest BCUT2D eigenvalue weighted by atomic mass is 9.97. The number of carbonyl (C=O) groups excluding carboxylic acids is 1. The zero-order valence-electron chi connectivity index (χ0n) is 10.9. The fourth-order valence-corrected chi connectivity index (χ4v) is 2.91. The van der Waals surface area contributed by atoms with Gasteiger partial charge in [0.25, 0.3) is 0 Å². The number of halogens is 1. The molecule has 0 radical (unpaired) electrons. The van der Waals surface area contributed by atoms with Gasteiger partial charge in [0.15, 0.2) is 0 Å². The zero-order valence-corrected chi connectivity index (χ0v) is 12.5. The number of anilines is 2. The van der Waals surface area contributed by atoms with Crippen molar-refractivity contribution >= 4 is 33.2 Å². The van der Waals surface area contributed by atoms with E-state index in [4.69, 9.17) is 0 Å². The standard InChI is InChI=1S/C16H15BrN2O/c17-13-6-2-4-8-15(13)19-16(20)9-11-10-18-14-7-3-1-5-12(11)14/h1-8,11,18H,9-10H2,(H,19,20). The van der Waals surface area contributed by atoms with Crippen LogP contribution in [0.4, 0.5) is 11.4 Å². The second kappa shape index (κ2) is 5.67. The van der Waals surface area contributed by atoms with Gasteiger partial charge in [-0.15, -0.1) is 0 Å². The third kappa shape index (κ3) is 2.70. The summed E-state index contributed by atoms with van der Waals surface area (Å²) in [7, 11) is 0. The topological polar surface area (TPSA) is 41.1 Å². The molecule has 20 heavy (non-hydrogen) atoms. The number of hydrogen-bond acceptors (Lipinski definition) is 2. The Bertz CT molecular complexity index is 642. The minimum absolute atomic E-state index is 0.0420. The summed E-state index contributed by atoms with van der Waals surface area (Å²) in [4.78, 5) is 12.2. The van der Waals surface area contributed by atoms with Crippen LogP contribution in [0.5, 0.6) is 0 Å². The maximum atomic E-state index is 12.2. The van der Waals surface area contributed by atoms with Crippen LogP contribution in [0.3, 0.4) is 0 Å². The smallest absolute Gasteiger partial charge is 0.225 e. The molecule has 2 aromatic carbocycles. The zero-order chi connectivity index (χ0) is 13.9. The van der Waals surface area contributed by atoms with Gasteiger partial charge in [0, 0.05) is 29.0 Å². The average Bonchev–Trinajstić information content (AvgIpc) is 2.85. The Morgan fingerprint density at radius 2 is 1.95 bits per heavy atom. The number of amides is 1. The highest BCUT2D eigenvalue weighted by atomic mass is 79.9. The van der Waals surface area contributed by atoms with Crippen LogP contribution in [0.1, 0.15) is 17.9 Å². The molecule has 0 bridgehead atoms. The van der Waals surface area contributed by atoms with Crippen molar-refractivity contribution in [2.45, 2.75) is 12.3 Å². The van der Waals surface area contributed by atoms with Crippen LogP contribution in [0.15, 0.2) is 53.0 Å². The van der Waals surface area contributed by atoms with E-state index in [-0.39, 0.29) is 11.8 Å². The van der Waals surface area contributed by atoms with Gasteiger partial charge in [-0.05, 0) is 39.7 Å². The summed E-state index contributed by atoms with van der Waals surface area (Å²) in [5, 5.41) is 6.30. The minimum atomic E-state index is 0.0420. The van der Waals surface area contributed by atoms with Gasteiger partial charge in [-0.3, -0.25) is 4.79 Å². The number of rotatable bonds is 3. The molecule has 3 rings (SSSR count). The van der Waals surface area contributed by atoms with Gasteiger partial charge in [0.1, 0.15) is 0 Å². The van der Waals surface area contributed by atoms with Crippen LogP contribution in [-0.2, 0) is 4.79 Å². The first-order valence-electron chi connectivity index (χ1n) is 6.61. The molecule has 0 aromatic heterocycles. The Morgan fingerprint density at radius 3 is 2.80 bits per heavy atom. The van der Waals surface area contributed by atoms with E-state index < -0.39 is 0 Å². The Morgan fingerprint density at radius 1 is 1.20 bits per heavy atom. The predicted molar refractivity (Wildman–Crippen MR) is 85.1 cm³/mol. The van der Waals surface area contributed by atoms with Gasteiger partial charge in [-0.25, -0.2) is 0 Å². The quantitative estimate of drug-likeness (QED) is 0.893. The number of fused-ring (bicyclic) bond motifs is 1. The number of nitrogens with one attached hydrogen (secondary N) is 2. The molecule has 1 atom stereocenters. The van der Waals surface area contributed by atoms with E-state index >= 15 is 0 Å². The molecule has 1 heterocycles. The number of para-hydroxylation sites is 2. The van der Waals surface area contributed by atoms with Crippen LogP contribution in [0, 0.1) is 0 Å². The maximum Gasteiger partial charge on any atom is 0.225 e. The van der Waals surface area contributed by atoms with E-state index in [9.17, 15) is 4.79 Å². The highest BCUT2D eigenvalue weighted by Crippen LogP contribution is 2.33. The van der Waals surface area contributed by atoms with Crippen molar-refractivity contribution in [3.8, 4) is 0 Å². The van der Waals surface area contributed by atoms with Crippen molar-refractivity contribution < 1.29 is 4.79 Å². The Hall–Kier alpha value is -1.81. The SMILES string of the molecule is O=C(CC1CNc2ccccc21)Nc1ccccc1Br. The van der Waals surface area contributed by atoms with Gasteiger partial charge in [-0.1, -0.05) is 30.3 Å². The molecule has 1 aliphatic heterocycles. The van der Waals surface area contributed by atoms with Crippen LogP contribution in [0.2, 0.25) is 0 Å². The molecule has 4 heteroatoms. The summed E-state index contributed by atoms with van der Waals surface area (Å²) in [6, 6.07) is 15.8. The van der Waals surface area contributed by atoms with Gasteiger partial charge >= 0.3 is 0 Å². The first-order chi connectivity index (χ1) is 9.74. The Kier molecular flexibility index (Phi) is 3.74. The van der Waals surface area contributed by atoms with E-state index in [1.807, 2.05) is 36.4 Å². The second-order valence-corrected chi connectivity index (χ2v) is 5.75. The molecule has 0 spiro atoms. The molecule has 3 nitrogen and oxygen atoms in total. The Balaban J connectivity index is 1.68. The molecule has 1 amide bonds. The lowest BCUT2D eigenvalue weighted by Crippen LogP contribution is -2.16. The number of hydrogen-bond donors (Lipinski definition) is 2. The molecule has 102 valence electrons. The minimum Gasteiger partial charge on any atom is -0.384 e. The number of benzene rings is 2. The monoisotopic (exact) mass is 330 g/mol. The molecular weight excluding hydrogens is 316 g/mol. The number of carbonyl (C=O) groups is 1. The Labute approximate surface area is 126 Å². The van der Waals surface area contributed by atoms with Crippen LogP contribution >= 0.6 is 15.9 Å². The molecule has 0 saturated carbocycles. The molecule has 2 N–H and O–H groups in total. The lowest BCUT2D eigenvalue weighted by molar-refractivity contribution is -0.116. The molecular formula is C16H15BrN2O. The largest absolute Gasteiger partial charge is 0.384 e. The van der Waals surface area contributed by atoms with Gasteiger partial charge in [0.2, 0.25) is 5.91 Å². The van der Waals surface area contributed by atoms with Gasteiger partial charge < -0.3 is 10.6 Å². The average molecular weight is 331 g/mol. The lowest BCUT2D eigenvalue weighted by Gasteiger charge is -2.11. The van der Waals surface area contributed by atoms with Crippen molar-refractivity contribution in [1.29, 1.82) is 0 Å². The highest BCUT2D eigenvalue weighted by molar-refractivity contribution is 9.10. The van der Waals surface area contributed by atoms with Crippen LogP contribution in [-0.4, -0.2) is 12.5 Å². The molecule has 1 unspecified atom stereocenters. The van der Waals surface area contributed by atoms with E-state index in [0.717, 1.165) is 22.4 Å². The summed E-state index contributed by atoms with van der Waals surface area (Å²) in [5.74, 6) is 0.286. The van der Waals surface area contributed by atoms with Gasteiger partial charge in [-0.2, -0.15) is 0 Å². The van der Waals surface area contributed by atoms with Crippen molar-refractivity contribution in [3.63, 3.8) is 0 Å². The fraction of sp³-hybridized carbons (Fsp3) is 0.188. The van der Waals surface area contributed by atoms with E-state index in [2.05, 4.69) is 38.7 Å². The van der Waals surface area contributed by atoms with E-state index in [1.165, 1.54) is 5.56 Å². The van der Waals surface area contributed by atoms with Crippen molar-refractivity contribution in [2.24, 2.45) is 0 Å². The van der Waals surface area contributed by atoms with Crippen molar-refractivity contribution in [2.75, 3.05) is 17.2 Å².